The van der Waals surface area contributed by atoms with Crippen LogP contribution in [0, 0.1) is 6.92 Å². The lowest BCUT2D eigenvalue weighted by atomic mass is 9.91. The van der Waals surface area contributed by atoms with Gasteiger partial charge in [-0.2, -0.15) is 0 Å². The summed E-state index contributed by atoms with van der Waals surface area (Å²) in [6.07, 6.45) is 0.0698. The van der Waals surface area contributed by atoms with Gasteiger partial charge in [0.2, 0.25) is 9.84 Å². The van der Waals surface area contributed by atoms with Crippen LogP contribution in [0.25, 0.3) is 5.57 Å². The van der Waals surface area contributed by atoms with E-state index in [1.807, 2.05) is 25.1 Å². The first kappa shape index (κ1) is 21.6. The molecule has 4 rings (SSSR count). The highest BCUT2D eigenvalue weighted by molar-refractivity contribution is 7.96. The number of carboxylic acids is 1. The Morgan fingerprint density at radius 1 is 1.19 bits per heavy atom. The highest BCUT2D eigenvalue weighted by Crippen LogP contribution is 2.47. The molecule has 2 aromatic carbocycles. The van der Waals surface area contributed by atoms with E-state index >= 15 is 0 Å². The Kier molecular flexibility index (Phi) is 5.22. The van der Waals surface area contributed by atoms with Crippen molar-refractivity contribution in [1.29, 1.82) is 0 Å². The topological polar surface area (TPSA) is 89.9 Å². The number of carboxylic acid groups (broad SMARTS) is 1. The zero-order valence-corrected chi connectivity index (χ0v) is 18.9. The molecule has 2 aromatic rings. The Balaban J connectivity index is 2.04. The van der Waals surface area contributed by atoms with Crippen LogP contribution in [0.4, 0.5) is 0 Å². The first-order chi connectivity index (χ1) is 14.5. The number of sulfone groups is 1. The fraction of sp³-hybridized carbons (Fsp3) is 0.375. The Bertz CT molecular complexity index is 1200. The molecule has 0 aliphatic carbocycles. The summed E-state index contributed by atoms with van der Waals surface area (Å²) in [7, 11) is -4.06. The van der Waals surface area contributed by atoms with Crippen LogP contribution < -0.4 is 4.74 Å². The highest BCUT2D eigenvalue weighted by atomic mass is 32.2. The van der Waals surface area contributed by atoms with Gasteiger partial charge in [-0.3, -0.25) is 0 Å². The molecule has 0 spiro atoms. The Morgan fingerprint density at radius 2 is 1.94 bits per heavy atom. The maximum Gasteiger partial charge on any atom is 0.338 e. The average Bonchev–Trinajstić information content (AvgIpc) is 2.93. The van der Waals surface area contributed by atoms with Gasteiger partial charge in [0.25, 0.3) is 0 Å². The fourth-order valence-corrected chi connectivity index (χ4v) is 6.15. The number of benzene rings is 2. The summed E-state index contributed by atoms with van der Waals surface area (Å²) in [4.78, 5) is 12.2. The summed E-state index contributed by atoms with van der Waals surface area (Å²) in [6, 6.07) is 10.6. The minimum Gasteiger partial charge on any atom is -0.493 e. The highest BCUT2D eigenvalue weighted by Gasteiger charge is 2.45. The molecule has 0 saturated carbocycles. The lowest BCUT2D eigenvalue weighted by Crippen LogP contribution is -2.36. The summed E-state index contributed by atoms with van der Waals surface area (Å²) in [5.74, 6) is -0.554. The van der Waals surface area contributed by atoms with Gasteiger partial charge in [0, 0.05) is 11.1 Å². The molecule has 0 radical (unpaired) electrons. The molecule has 6 nitrogen and oxygen atoms in total. The van der Waals surface area contributed by atoms with E-state index in [9.17, 15) is 18.3 Å². The van der Waals surface area contributed by atoms with Crippen molar-refractivity contribution < 1.29 is 27.8 Å². The van der Waals surface area contributed by atoms with Crippen LogP contribution in [0.15, 0.2) is 46.2 Å². The number of aliphatic carboxylic acids is 1. The second kappa shape index (κ2) is 7.50. The second-order valence-corrected chi connectivity index (χ2v) is 10.8. The summed E-state index contributed by atoms with van der Waals surface area (Å²) >= 11 is 0. The molecule has 0 aromatic heterocycles. The van der Waals surface area contributed by atoms with Crippen LogP contribution in [0.5, 0.6) is 5.75 Å². The number of hydrogen-bond acceptors (Lipinski definition) is 5. The number of aryl methyl sites for hydroxylation is 2. The van der Waals surface area contributed by atoms with Crippen molar-refractivity contribution in [3.63, 3.8) is 0 Å². The van der Waals surface area contributed by atoms with Crippen molar-refractivity contribution in [2.75, 3.05) is 6.61 Å². The Labute approximate surface area is 182 Å². The molecular formula is C24H26O6S. The van der Waals surface area contributed by atoms with E-state index in [-0.39, 0.29) is 9.80 Å². The minimum absolute atomic E-state index is 0.121. The maximum atomic E-state index is 13.6. The molecular weight excluding hydrogens is 416 g/mol. The monoisotopic (exact) mass is 442 g/mol. The van der Waals surface area contributed by atoms with Gasteiger partial charge in [-0.1, -0.05) is 18.2 Å². The molecule has 1 atom stereocenters. The summed E-state index contributed by atoms with van der Waals surface area (Å²) in [5.41, 5.74) is 2.48. The predicted octanol–water partition coefficient (Wildman–Crippen LogP) is 4.14. The number of fused-ring (bicyclic) bond motifs is 2. The molecule has 1 N–H and O–H groups in total. The van der Waals surface area contributed by atoms with Gasteiger partial charge in [-0.15, -0.1) is 0 Å². The number of hydrogen-bond donors (Lipinski definition) is 1. The van der Waals surface area contributed by atoms with Gasteiger partial charge in [-0.25, -0.2) is 13.2 Å². The van der Waals surface area contributed by atoms with E-state index in [0.717, 1.165) is 29.7 Å². The average molecular weight is 443 g/mol. The first-order valence-electron chi connectivity index (χ1n) is 10.3. The van der Waals surface area contributed by atoms with E-state index in [2.05, 4.69) is 0 Å². The van der Waals surface area contributed by atoms with Crippen LogP contribution in [0.3, 0.4) is 0 Å². The molecule has 0 amide bonds. The smallest absolute Gasteiger partial charge is 0.338 e. The Morgan fingerprint density at radius 3 is 2.61 bits per heavy atom. The summed E-state index contributed by atoms with van der Waals surface area (Å²) < 4.78 is 38.7. The van der Waals surface area contributed by atoms with E-state index in [1.54, 1.807) is 32.9 Å². The third-order valence-corrected chi connectivity index (χ3v) is 7.36. The number of ether oxygens (including phenoxy) is 2. The standard InChI is InChI=1S/C24H26O6S/c1-14-7-5-9-18-19(14)20(16-10-11-17-15(13-16)8-6-12-29-17)22(31(18,27)28)21(23(25)26)30-24(2,3)4/h5,7,9-11,13,21H,6,8,12H2,1-4H3,(H,25,26). The molecule has 1 unspecified atom stereocenters. The van der Waals surface area contributed by atoms with E-state index in [1.165, 1.54) is 6.07 Å². The van der Waals surface area contributed by atoms with Crippen LogP contribution in [0.2, 0.25) is 0 Å². The third kappa shape index (κ3) is 3.77. The van der Waals surface area contributed by atoms with Crippen molar-refractivity contribution in [3.8, 4) is 5.75 Å². The minimum atomic E-state index is -4.06. The molecule has 164 valence electrons. The predicted molar refractivity (Wildman–Crippen MR) is 117 cm³/mol. The van der Waals surface area contributed by atoms with Gasteiger partial charge >= 0.3 is 5.97 Å². The SMILES string of the molecule is Cc1cccc2c1C(c1ccc3c(c1)CCCO3)=C(C(OC(C)(C)C)C(=O)O)S2(=O)=O. The van der Waals surface area contributed by atoms with Gasteiger partial charge in [0.15, 0.2) is 6.10 Å². The van der Waals surface area contributed by atoms with Gasteiger partial charge in [-0.05, 0) is 75.4 Å². The van der Waals surface area contributed by atoms with E-state index in [4.69, 9.17) is 9.47 Å². The van der Waals surface area contributed by atoms with E-state index in [0.29, 0.717) is 23.3 Å². The summed E-state index contributed by atoms with van der Waals surface area (Å²) in [5, 5.41) is 9.99. The van der Waals surface area contributed by atoms with Crippen LogP contribution in [-0.2, 0) is 25.8 Å². The molecule has 31 heavy (non-hydrogen) atoms. The van der Waals surface area contributed by atoms with Crippen LogP contribution >= 0.6 is 0 Å². The zero-order valence-electron chi connectivity index (χ0n) is 18.1. The van der Waals surface area contributed by atoms with Crippen LogP contribution in [-0.4, -0.2) is 37.8 Å². The third-order valence-electron chi connectivity index (χ3n) is 5.44. The second-order valence-electron chi connectivity index (χ2n) is 8.91. The first-order valence-corrected chi connectivity index (χ1v) is 11.7. The molecule has 2 heterocycles. The quantitative estimate of drug-likeness (QED) is 0.766. The van der Waals surface area contributed by atoms with Crippen molar-refractivity contribution in [2.45, 2.75) is 57.1 Å². The molecule has 0 saturated heterocycles. The van der Waals surface area contributed by atoms with Gasteiger partial charge < -0.3 is 14.6 Å². The van der Waals surface area contributed by atoms with Gasteiger partial charge in [0.1, 0.15) is 5.75 Å². The molecule has 2 aliphatic rings. The largest absolute Gasteiger partial charge is 0.493 e. The molecule has 2 aliphatic heterocycles. The van der Waals surface area contributed by atoms with Crippen molar-refractivity contribution in [3.05, 3.63) is 63.6 Å². The maximum absolute atomic E-state index is 13.6. The van der Waals surface area contributed by atoms with Crippen molar-refractivity contribution in [1.82, 2.24) is 0 Å². The lowest BCUT2D eigenvalue weighted by molar-refractivity contribution is -0.155. The molecule has 0 fully saturated rings. The molecule has 0 bridgehead atoms. The van der Waals surface area contributed by atoms with Crippen LogP contribution in [0.1, 0.15) is 49.4 Å². The van der Waals surface area contributed by atoms with Gasteiger partial charge in [0.05, 0.1) is 22.0 Å². The fourth-order valence-electron chi connectivity index (χ4n) is 4.21. The van der Waals surface area contributed by atoms with Crippen molar-refractivity contribution in [2.24, 2.45) is 0 Å². The normalized spacial score (nSPS) is 18.2. The Hall–Kier alpha value is -2.64. The number of carbonyl (C=O) groups is 1. The zero-order chi connectivity index (χ0) is 22.6. The number of rotatable bonds is 4. The lowest BCUT2D eigenvalue weighted by Gasteiger charge is -2.26. The molecule has 7 heteroatoms. The van der Waals surface area contributed by atoms with Crippen molar-refractivity contribution >= 4 is 21.4 Å². The van der Waals surface area contributed by atoms with E-state index < -0.39 is 27.5 Å². The summed E-state index contributed by atoms with van der Waals surface area (Å²) in [6.45, 7) is 7.61.